The topological polar surface area (TPSA) is 46.5 Å². The molecule has 1 unspecified atom stereocenters. The molecule has 0 spiro atoms. The quantitative estimate of drug-likeness (QED) is 0.681. The number of rotatable bonds is 2. The molecule has 1 N–H and O–H groups in total. The van der Waals surface area contributed by atoms with E-state index >= 15 is 0 Å². The van der Waals surface area contributed by atoms with E-state index in [2.05, 4.69) is 0 Å². The molecule has 0 radical (unpaired) electrons. The van der Waals surface area contributed by atoms with Crippen LogP contribution in [0.25, 0.3) is 0 Å². The van der Waals surface area contributed by atoms with Crippen molar-refractivity contribution in [1.29, 1.82) is 0 Å². The van der Waals surface area contributed by atoms with E-state index in [0.717, 1.165) is 0 Å². The van der Waals surface area contributed by atoms with Crippen molar-refractivity contribution in [3.63, 3.8) is 0 Å². The van der Waals surface area contributed by atoms with Gasteiger partial charge in [-0.15, -0.1) is 0 Å². The van der Waals surface area contributed by atoms with E-state index in [1.54, 1.807) is 31.4 Å². The number of hydrogen-bond donors (Lipinski definition) is 1. The first kappa shape index (κ1) is 8.44. The number of hydrogen-bond acceptors (Lipinski definition) is 2. The zero-order valence-corrected chi connectivity index (χ0v) is 8.17. The molecule has 0 aromatic heterocycles. The van der Waals surface area contributed by atoms with Gasteiger partial charge in [-0.25, -0.2) is 0 Å². The molecule has 0 bridgehead atoms. The Labute approximate surface area is 69.5 Å². The summed E-state index contributed by atoms with van der Waals surface area (Å²) in [4.78, 5) is 0. The Kier molecular flexibility index (Phi) is 2.80. The molecule has 0 saturated heterocycles. The van der Waals surface area contributed by atoms with Gasteiger partial charge in [-0.3, -0.25) is 0 Å². The molecule has 11 heavy (non-hydrogen) atoms. The average molecular weight is 216 g/mol. The molecule has 0 heterocycles. The summed E-state index contributed by atoms with van der Waals surface area (Å²) in [5.74, 6) is 0.702. The van der Waals surface area contributed by atoms with Gasteiger partial charge in [0.2, 0.25) is 0 Å². The third-order valence-electron chi connectivity index (χ3n) is 1.34. The first-order valence-electron chi connectivity index (χ1n) is 3.11. The van der Waals surface area contributed by atoms with E-state index in [1.165, 1.54) is 0 Å². The van der Waals surface area contributed by atoms with Gasteiger partial charge in [-0.1, -0.05) is 0 Å². The third kappa shape index (κ3) is 2.14. The van der Waals surface area contributed by atoms with Crippen molar-refractivity contribution in [2.75, 3.05) is 7.11 Å². The Morgan fingerprint density at radius 3 is 2.27 bits per heavy atom. The van der Waals surface area contributed by atoms with E-state index in [1.807, 2.05) is 0 Å². The molecule has 1 aromatic carbocycles. The van der Waals surface area contributed by atoms with Gasteiger partial charge < -0.3 is 0 Å². The molecule has 0 aliphatic rings. The van der Waals surface area contributed by atoms with Crippen LogP contribution in [-0.2, 0) is 3.74 Å². The number of benzene rings is 1. The standard InChI is InChI=1S/C7H9AsO3/c1-11-7-4-2-6(3-5-7)8(9)10/h2-5,8H,1H3,(H,9,10). The Hall–Kier alpha value is -0.662. The summed E-state index contributed by atoms with van der Waals surface area (Å²) in [6, 6.07) is 6.58. The molecule has 1 rings (SSSR count). The van der Waals surface area contributed by atoms with E-state index in [0.29, 0.717) is 10.1 Å². The Morgan fingerprint density at radius 1 is 1.36 bits per heavy atom. The minimum absolute atomic E-state index is 0.519. The van der Waals surface area contributed by atoms with Crippen LogP contribution >= 0.6 is 0 Å². The molecule has 1 atom stereocenters. The van der Waals surface area contributed by atoms with Crippen LogP contribution in [0.4, 0.5) is 0 Å². The summed E-state index contributed by atoms with van der Waals surface area (Å²) in [6.07, 6.45) is 0. The summed E-state index contributed by atoms with van der Waals surface area (Å²) in [7, 11) is 1.56. The average Bonchev–Trinajstić information content (AvgIpc) is 2.05. The minimum atomic E-state index is -3.11. The second kappa shape index (κ2) is 3.65. The van der Waals surface area contributed by atoms with Gasteiger partial charge in [0.05, 0.1) is 0 Å². The molecule has 1 aromatic rings. The zero-order chi connectivity index (χ0) is 8.27. The van der Waals surface area contributed by atoms with Gasteiger partial charge >= 0.3 is 69.0 Å². The molecule has 3 nitrogen and oxygen atoms in total. The summed E-state index contributed by atoms with van der Waals surface area (Å²) < 4.78 is 24.8. The predicted molar refractivity (Wildman–Crippen MR) is 42.7 cm³/mol. The molecule has 0 amide bonds. The second-order valence-corrected chi connectivity index (χ2v) is 4.53. The van der Waals surface area contributed by atoms with Gasteiger partial charge in [-0.2, -0.15) is 0 Å². The molecule has 0 fully saturated rings. The number of ether oxygens (including phenoxy) is 1. The fraction of sp³-hybridized carbons (Fsp3) is 0.143. The van der Waals surface area contributed by atoms with Crippen molar-refractivity contribution in [2.45, 2.75) is 0 Å². The van der Waals surface area contributed by atoms with Crippen LogP contribution in [0.3, 0.4) is 0 Å². The van der Waals surface area contributed by atoms with Crippen LogP contribution < -0.4 is 9.09 Å². The van der Waals surface area contributed by atoms with Gasteiger partial charge in [0.15, 0.2) is 0 Å². The fourth-order valence-electron chi connectivity index (χ4n) is 0.734. The van der Waals surface area contributed by atoms with Crippen molar-refractivity contribution in [2.24, 2.45) is 0 Å². The van der Waals surface area contributed by atoms with E-state index < -0.39 is 14.9 Å². The number of methoxy groups -OCH3 is 1. The Balaban J connectivity index is 2.91. The fourth-order valence-corrected chi connectivity index (χ4v) is 1.68. The van der Waals surface area contributed by atoms with Crippen LogP contribution in [0.2, 0.25) is 0 Å². The normalized spacial score (nSPS) is 12.5. The van der Waals surface area contributed by atoms with Crippen LogP contribution in [0.15, 0.2) is 24.3 Å². The van der Waals surface area contributed by atoms with Crippen molar-refractivity contribution in [1.82, 2.24) is 0 Å². The molecule has 0 aliphatic heterocycles. The van der Waals surface area contributed by atoms with Crippen LogP contribution in [0.5, 0.6) is 5.75 Å². The van der Waals surface area contributed by atoms with Crippen molar-refractivity contribution >= 4 is 19.3 Å². The molecule has 0 aliphatic carbocycles. The van der Waals surface area contributed by atoms with E-state index in [9.17, 15) is 3.74 Å². The summed E-state index contributed by atoms with van der Waals surface area (Å²) in [5.41, 5.74) is 0. The van der Waals surface area contributed by atoms with Gasteiger partial charge in [0.25, 0.3) is 0 Å². The van der Waals surface area contributed by atoms with Crippen molar-refractivity contribution in [3.8, 4) is 5.75 Å². The van der Waals surface area contributed by atoms with Crippen LogP contribution in [0.1, 0.15) is 0 Å². The molecule has 0 saturated carbocycles. The van der Waals surface area contributed by atoms with Crippen LogP contribution in [-0.4, -0.2) is 26.1 Å². The van der Waals surface area contributed by atoms with Gasteiger partial charge in [0, 0.05) is 0 Å². The van der Waals surface area contributed by atoms with E-state index in [-0.39, 0.29) is 0 Å². The zero-order valence-electron chi connectivity index (χ0n) is 6.07. The molecular formula is C7H9AsO3. The summed E-state index contributed by atoms with van der Waals surface area (Å²) >= 11 is -3.11. The molecule has 4 heteroatoms. The summed E-state index contributed by atoms with van der Waals surface area (Å²) in [5, 5.41) is 0. The van der Waals surface area contributed by atoms with Crippen molar-refractivity contribution in [3.05, 3.63) is 24.3 Å². The van der Waals surface area contributed by atoms with Gasteiger partial charge in [-0.05, 0) is 0 Å². The van der Waals surface area contributed by atoms with E-state index in [4.69, 9.17) is 8.83 Å². The maximum absolute atomic E-state index is 10.6. The molecular weight excluding hydrogens is 207 g/mol. The molecule has 60 valence electrons. The maximum atomic E-state index is 10.6. The Bertz CT molecular complexity index is 255. The third-order valence-corrected chi connectivity index (χ3v) is 3.07. The SMILES string of the molecule is COc1ccc([AsH](=O)O)cc1. The van der Waals surface area contributed by atoms with Gasteiger partial charge in [0.1, 0.15) is 0 Å². The first-order chi connectivity index (χ1) is 5.24. The predicted octanol–water partition coefficient (Wildman–Crippen LogP) is -0.455. The van der Waals surface area contributed by atoms with Crippen LogP contribution in [0, 0.1) is 0 Å². The Morgan fingerprint density at radius 2 is 1.91 bits per heavy atom. The van der Waals surface area contributed by atoms with Crippen molar-refractivity contribution < 1.29 is 12.6 Å². The second-order valence-electron chi connectivity index (χ2n) is 2.03. The first-order valence-corrected chi connectivity index (χ1v) is 5.96. The monoisotopic (exact) mass is 216 g/mol. The summed E-state index contributed by atoms with van der Waals surface area (Å²) in [6.45, 7) is 0.